The third kappa shape index (κ3) is 2.80. The number of hydrogen-bond donors (Lipinski definition) is 0. The Balaban J connectivity index is 2.44. The second-order valence-corrected chi connectivity index (χ2v) is 4.54. The molecule has 0 aliphatic rings. The molecule has 19 heavy (non-hydrogen) atoms. The lowest BCUT2D eigenvalue weighted by atomic mass is 10.1. The molecule has 0 bridgehead atoms. The zero-order chi connectivity index (χ0) is 14.0. The summed E-state index contributed by atoms with van der Waals surface area (Å²) in [5.74, 6) is 0.537. The number of furan rings is 1. The van der Waals surface area contributed by atoms with Crippen molar-refractivity contribution in [3.63, 3.8) is 0 Å². The van der Waals surface area contributed by atoms with Crippen LogP contribution in [0.1, 0.15) is 16.7 Å². The smallest absolute Gasteiger partial charge is 0.193 e. The van der Waals surface area contributed by atoms with Crippen LogP contribution in [0.25, 0.3) is 0 Å². The number of alkyl halides is 1. The van der Waals surface area contributed by atoms with E-state index in [0.29, 0.717) is 17.3 Å². The Labute approximate surface area is 119 Å². The van der Waals surface area contributed by atoms with Crippen LogP contribution >= 0.6 is 23.2 Å². The van der Waals surface area contributed by atoms with E-state index in [1.54, 1.807) is 12.1 Å². The second-order valence-electron chi connectivity index (χ2n) is 3.73. The number of rotatable bonds is 4. The van der Waals surface area contributed by atoms with Gasteiger partial charge >= 0.3 is 0 Å². The highest BCUT2D eigenvalue weighted by Crippen LogP contribution is 2.38. The Morgan fingerprint density at radius 2 is 1.79 bits per heavy atom. The van der Waals surface area contributed by atoms with E-state index in [0.717, 1.165) is 0 Å². The van der Waals surface area contributed by atoms with E-state index in [1.807, 2.05) is 0 Å². The van der Waals surface area contributed by atoms with Gasteiger partial charge in [-0.2, -0.15) is 0 Å². The van der Waals surface area contributed by atoms with Gasteiger partial charge in [0.15, 0.2) is 16.7 Å². The first-order chi connectivity index (χ1) is 9.06. The number of methoxy groups -OCH3 is 2. The Morgan fingerprint density at radius 3 is 2.32 bits per heavy atom. The molecule has 0 N–H and O–H groups in total. The van der Waals surface area contributed by atoms with E-state index >= 15 is 0 Å². The van der Waals surface area contributed by atoms with Crippen LogP contribution in [0.5, 0.6) is 11.5 Å². The van der Waals surface area contributed by atoms with Crippen LogP contribution < -0.4 is 9.47 Å². The zero-order valence-corrected chi connectivity index (χ0v) is 11.8. The monoisotopic (exact) mass is 304 g/mol. The highest BCUT2D eigenvalue weighted by atomic mass is 35.5. The lowest BCUT2D eigenvalue weighted by Crippen LogP contribution is -1.99. The molecule has 1 heterocycles. The van der Waals surface area contributed by atoms with Crippen LogP contribution in [0, 0.1) is 5.82 Å². The summed E-state index contributed by atoms with van der Waals surface area (Å²) in [7, 11) is 2.90. The lowest BCUT2D eigenvalue weighted by molar-refractivity contribution is 0.351. The van der Waals surface area contributed by atoms with Gasteiger partial charge < -0.3 is 13.9 Å². The number of benzene rings is 1. The van der Waals surface area contributed by atoms with Crippen molar-refractivity contribution < 1.29 is 18.3 Å². The maximum atomic E-state index is 14.0. The van der Waals surface area contributed by atoms with E-state index in [1.165, 1.54) is 26.4 Å². The molecule has 0 saturated heterocycles. The minimum atomic E-state index is -0.799. The van der Waals surface area contributed by atoms with E-state index in [4.69, 9.17) is 37.1 Å². The highest BCUT2D eigenvalue weighted by Gasteiger charge is 2.21. The Morgan fingerprint density at radius 1 is 1.16 bits per heavy atom. The zero-order valence-electron chi connectivity index (χ0n) is 10.2. The fraction of sp³-hybridized carbons (Fsp3) is 0.231. The van der Waals surface area contributed by atoms with Gasteiger partial charge in [0, 0.05) is 11.6 Å². The van der Waals surface area contributed by atoms with Gasteiger partial charge in [-0.3, -0.25) is 0 Å². The molecule has 0 amide bonds. The van der Waals surface area contributed by atoms with E-state index in [9.17, 15) is 4.39 Å². The van der Waals surface area contributed by atoms with Crippen LogP contribution in [0.2, 0.25) is 5.22 Å². The quantitative estimate of drug-likeness (QED) is 0.784. The second kappa shape index (κ2) is 5.72. The standard InChI is InChI=1S/C13H11Cl2FO3/c1-17-10-5-7(8(16)6-11(10)18-2)13(15)9-3-4-12(14)19-9/h3-6,13H,1-2H3. The van der Waals surface area contributed by atoms with Crippen molar-refractivity contribution >= 4 is 23.2 Å². The number of halogens is 3. The molecule has 0 radical (unpaired) electrons. The first-order valence-corrected chi connectivity index (χ1v) is 6.19. The van der Waals surface area contributed by atoms with Gasteiger partial charge in [-0.15, -0.1) is 11.6 Å². The summed E-state index contributed by atoms with van der Waals surface area (Å²) in [6, 6.07) is 5.83. The molecule has 3 nitrogen and oxygen atoms in total. The Kier molecular flexibility index (Phi) is 4.22. The minimum Gasteiger partial charge on any atom is -0.493 e. The average molecular weight is 305 g/mol. The third-order valence-corrected chi connectivity index (χ3v) is 3.27. The normalized spacial score (nSPS) is 12.3. The molecule has 0 spiro atoms. The van der Waals surface area contributed by atoms with Gasteiger partial charge in [-0.1, -0.05) is 0 Å². The van der Waals surface area contributed by atoms with Gasteiger partial charge in [-0.25, -0.2) is 4.39 Å². The summed E-state index contributed by atoms with van der Waals surface area (Å²) in [4.78, 5) is 0. The summed E-state index contributed by atoms with van der Waals surface area (Å²) >= 11 is 11.9. The Bertz CT molecular complexity index is 583. The molecule has 2 aromatic rings. The fourth-order valence-electron chi connectivity index (χ4n) is 1.68. The summed E-state index contributed by atoms with van der Waals surface area (Å²) in [6.45, 7) is 0. The van der Waals surface area contributed by atoms with Crippen molar-refractivity contribution in [2.24, 2.45) is 0 Å². The van der Waals surface area contributed by atoms with E-state index in [-0.39, 0.29) is 10.8 Å². The molecule has 0 saturated carbocycles. The van der Waals surface area contributed by atoms with Crippen LogP contribution in [0.4, 0.5) is 4.39 Å². The molecule has 2 rings (SSSR count). The molecular formula is C13H11Cl2FO3. The largest absolute Gasteiger partial charge is 0.493 e. The van der Waals surface area contributed by atoms with Crippen LogP contribution in [-0.4, -0.2) is 14.2 Å². The predicted molar refractivity (Wildman–Crippen MR) is 70.9 cm³/mol. The molecule has 0 fully saturated rings. The van der Waals surface area contributed by atoms with Crippen molar-refractivity contribution in [2.45, 2.75) is 5.38 Å². The molecule has 1 atom stereocenters. The summed E-state index contributed by atoms with van der Waals surface area (Å²) < 4.78 is 29.3. The molecule has 1 unspecified atom stereocenters. The van der Waals surface area contributed by atoms with Crippen molar-refractivity contribution in [3.05, 3.63) is 46.6 Å². The van der Waals surface area contributed by atoms with Gasteiger partial charge in [0.2, 0.25) is 0 Å². The van der Waals surface area contributed by atoms with Crippen LogP contribution in [-0.2, 0) is 0 Å². The molecule has 1 aromatic heterocycles. The summed E-state index contributed by atoms with van der Waals surface area (Å²) in [6.07, 6.45) is 0. The SMILES string of the molecule is COc1cc(F)c(C(Cl)c2ccc(Cl)o2)cc1OC. The van der Waals surface area contributed by atoms with E-state index < -0.39 is 11.2 Å². The van der Waals surface area contributed by atoms with Crippen molar-refractivity contribution in [3.8, 4) is 11.5 Å². The number of hydrogen-bond acceptors (Lipinski definition) is 3. The topological polar surface area (TPSA) is 31.6 Å². The van der Waals surface area contributed by atoms with Gasteiger partial charge in [0.25, 0.3) is 0 Å². The van der Waals surface area contributed by atoms with Crippen molar-refractivity contribution in [2.75, 3.05) is 14.2 Å². The van der Waals surface area contributed by atoms with Gasteiger partial charge in [0.1, 0.15) is 17.0 Å². The third-order valence-electron chi connectivity index (χ3n) is 2.62. The molecular weight excluding hydrogens is 294 g/mol. The van der Waals surface area contributed by atoms with Crippen molar-refractivity contribution in [1.82, 2.24) is 0 Å². The van der Waals surface area contributed by atoms with Crippen LogP contribution in [0.3, 0.4) is 0 Å². The van der Waals surface area contributed by atoms with Gasteiger partial charge in [-0.05, 0) is 29.8 Å². The highest BCUT2D eigenvalue weighted by molar-refractivity contribution is 6.29. The molecule has 6 heteroatoms. The molecule has 1 aromatic carbocycles. The maximum Gasteiger partial charge on any atom is 0.193 e. The molecule has 0 aliphatic heterocycles. The summed E-state index contributed by atoms with van der Waals surface area (Å²) in [5, 5.41) is -0.603. The molecule has 0 aliphatic carbocycles. The fourth-order valence-corrected chi connectivity index (χ4v) is 2.12. The van der Waals surface area contributed by atoms with Gasteiger partial charge in [0.05, 0.1) is 14.2 Å². The minimum absolute atomic E-state index is 0.196. The maximum absolute atomic E-state index is 14.0. The summed E-state index contributed by atoms with van der Waals surface area (Å²) in [5.41, 5.74) is 0.227. The van der Waals surface area contributed by atoms with Crippen LogP contribution in [0.15, 0.2) is 28.7 Å². The predicted octanol–water partition coefficient (Wildman–Crippen LogP) is 4.42. The Hall–Kier alpha value is -1.39. The van der Waals surface area contributed by atoms with Crippen molar-refractivity contribution in [1.29, 1.82) is 0 Å². The first-order valence-electron chi connectivity index (χ1n) is 5.37. The molecule has 102 valence electrons. The first kappa shape index (κ1) is 14.0. The number of ether oxygens (including phenoxy) is 2. The lowest BCUT2D eigenvalue weighted by Gasteiger charge is -2.13. The average Bonchev–Trinajstić information content (AvgIpc) is 2.84. The van der Waals surface area contributed by atoms with E-state index in [2.05, 4.69) is 0 Å².